The molecule has 1 saturated heterocycles. The van der Waals surface area contributed by atoms with Gasteiger partial charge < -0.3 is 15.6 Å². The zero-order valence-electron chi connectivity index (χ0n) is 10.9. The molecule has 2 unspecified atom stereocenters. The van der Waals surface area contributed by atoms with Gasteiger partial charge in [-0.15, -0.1) is 0 Å². The standard InChI is InChI=1S/C13H22N4O/c1-10-4-2-6-16-12(10)13(18)17-7-3-5-11-14-8-9-15-11/h8-10,12,16H,2-7H2,1H3,(H,14,15)(H,17,18). The molecule has 2 heterocycles. The highest BCUT2D eigenvalue weighted by atomic mass is 16.2. The second-order valence-corrected chi connectivity index (χ2v) is 4.98. The molecule has 1 aromatic heterocycles. The molecule has 0 aromatic carbocycles. The summed E-state index contributed by atoms with van der Waals surface area (Å²) in [6.45, 7) is 3.80. The topological polar surface area (TPSA) is 69.8 Å². The zero-order chi connectivity index (χ0) is 12.8. The Balaban J connectivity index is 1.65. The van der Waals surface area contributed by atoms with E-state index in [1.807, 2.05) is 6.20 Å². The highest BCUT2D eigenvalue weighted by molar-refractivity contribution is 5.82. The van der Waals surface area contributed by atoms with Crippen molar-refractivity contribution < 1.29 is 4.79 Å². The van der Waals surface area contributed by atoms with Crippen molar-refractivity contribution in [2.24, 2.45) is 5.92 Å². The van der Waals surface area contributed by atoms with Gasteiger partial charge >= 0.3 is 0 Å². The number of nitrogens with one attached hydrogen (secondary N) is 3. The summed E-state index contributed by atoms with van der Waals surface area (Å²) in [7, 11) is 0. The van der Waals surface area contributed by atoms with E-state index in [0.29, 0.717) is 12.5 Å². The van der Waals surface area contributed by atoms with E-state index in [9.17, 15) is 4.79 Å². The fourth-order valence-electron chi connectivity index (χ4n) is 2.41. The maximum Gasteiger partial charge on any atom is 0.237 e. The molecule has 2 rings (SSSR count). The van der Waals surface area contributed by atoms with Crippen LogP contribution in [-0.4, -0.2) is 35.0 Å². The number of aromatic nitrogens is 2. The number of carbonyl (C=O) groups excluding carboxylic acids is 1. The monoisotopic (exact) mass is 250 g/mol. The summed E-state index contributed by atoms with van der Waals surface area (Å²) < 4.78 is 0. The fraction of sp³-hybridized carbons (Fsp3) is 0.692. The van der Waals surface area contributed by atoms with Crippen LogP contribution >= 0.6 is 0 Å². The first kappa shape index (κ1) is 13.1. The number of hydrogen-bond donors (Lipinski definition) is 3. The predicted molar refractivity (Wildman–Crippen MR) is 70.1 cm³/mol. The molecule has 0 radical (unpaired) electrons. The molecular weight excluding hydrogens is 228 g/mol. The van der Waals surface area contributed by atoms with Gasteiger partial charge in [-0.25, -0.2) is 4.98 Å². The smallest absolute Gasteiger partial charge is 0.237 e. The highest BCUT2D eigenvalue weighted by Gasteiger charge is 2.26. The number of hydrogen-bond acceptors (Lipinski definition) is 3. The van der Waals surface area contributed by atoms with E-state index in [2.05, 4.69) is 27.5 Å². The Morgan fingerprint density at radius 3 is 3.22 bits per heavy atom. The molecule has 18 heavy (non-hydrogen) atoms. The third-order valence-electron chi connectivity index (χ3n) is 3.50. The van der Waals surface area contributed by atoms with E-state index in [0.717, 1.165) is 31.6 Å². The molecule has 2 atom stereocenters. The lowest BCUT2D eigenvalue weighted by Crippen LogP contribution is -2.51. The lowest BCUT2D eigenvalue weighted by Gasteiger charge is -2.28. The first-order chi connectivity index (χ1) is 8.77. The van der Waals surface area contributed by atoms with Gasteiger partial charge in [0.25, 0.3) is 0 Å². The lowest BCUT2D eigenvalue weighted by molar-refractivity contribution is -0.124. The molecule has 3 N–H and O–H groups in total. The minimum atomic E-state index is -0.0117. The molecule has 1 aliphatic heterocycles. The molecule has 1 fully saturated rings. The molecule has 100 valence electrons. The molecule has 5 nitrogen and oxygen atoms in total. The molecular formula is C13H22N4O. The van der Waals surface area contributed by atoms with Gasteiger partial charge in [-0.05, 0) is 31.7 Å². The van der Waals surface area contributed by atoms with Crippen molar-refractivity contribution in [1.82, 2.24) is 20.6 Å². The second-order valence-electron chi connectivity index (χ2n) is 4.98. The van der Waals surface area contributed by atoms with Crippen molar-refractivity contribution in [2.45, 2.75) is 38.6 Å². The SMILES string of the molecule is CC1CCCNC1C(=O)NCCCc1ncc[nH]1. The summed E-state index contributed by atoms with van der Waals surface area (Å²) >= 11 is 0. The van der Waals surface area contributed by atoms with E-state index in [-0.39, 0.29) is 11.9 Å². The number of aromatic amines is 1. The number of H-pyrrole nitrogens is 1. The summed E-state index contributed by atoms with van der Waals surface area (Å²) in [6.07, 6.45) is 7.67. The molecule has 0 bridgehead atoms. The van der Waals surface area contributed by atoms with Crippen molar-refractivity contribution >= 4 is 5.91 Å². The van der Waals surface area contributed by atoms with Crippen LogP contribution in [0.15, 0.2) is 12.4 Å². The van der Waals surface area contributed by atoms with Gasteiger partial charge in [0.1, 0.15) is 5.82 Å². The largest absolute Gasteiger partial charge is 0.355 e. The van der Waals surface area contributed by atoms with Gasteiger partial charge in [0, 0.05) is 25.4 Å². The maximum absolute atomic E-state index is 12.0. The maximum atomic E-state index is 12.0. The normalized spacial score (nSPS) is 23.8. The summed E-state index contributed by atoms with van der Waals surface area (Å²) in [5.41, 5.74) is 0. The summed E-state index contributed by atoms with van der Waals surface area (Å²) in [5.74, 6) is 1.55. The molecule has 5 heteroatoms. The average molecular weight is 250 g/mol. The van der Waals surface area contributed by atoms with Crippen LogP contribution in [0, 0.1) is 5.92 Å². The van der Waals surface area contributed by atoms with Crippen LogP contribution in [0.2, 0.25) is 0 Å². The first-order valence-corrected chi connectivity index (χ1v) is 6.76. The van der Waals surface area contributed by atoms with E-state index in [1.165, 1.54) is 6.42 Å². The second kappa shape index (κ2) is 6.54. The van der Waals surface area contributed by atoms with E-state index in [4.69, 9.17) is 0 Å². The van der Waals surface area contributed by atoms with Crippen LogP contribution in [0.1, 0.15) is 32.0 Å². The molecule has 0 spiro atoms. The van der Waals surface area contributed by atoms with Crippen LogP contribution in [0.25, 0.3) is 0 Å². The minimum absolute atomic E-state index is 0.0117. The Labute approximate surface area is 108 Å². The number of nitrogens with zero attached hydrogens (tertiary/aromatic N) is 1. The Hall–Kier alpha value is -1.36. The van der Waals surface area contributed by atoms with Gasteiger partial charge in [0.2, 0.25) is 5.91 Å². The Bertz CT molecular complexity index is 363. The van der Waals surface area contributed by atoms with Crippen LogP contribution in [-0.2, 0) is 11.2 Å². The number of piperidine rings is 1. The Morgan fingerprint density at radius 2 is 2.50 bits per heavy atom. The molecule has 1 aromatic rings. The third-order valence-corrected chi connectivity index (χ3v) is 3.50. The van der Waals surface area contributed by atoms with E-state index >= 15 is 0 Å². The van der Waals surface area contributed by atoms with Gasteiger partial charge in [-0.2, -0.15) is 0 Å². The van der Waals surface area contributed by atoms with Gasteiger partial charge in [0.15, 0.2) is 0 Å². The van der Waals surface area contributed by atoms with E-state index in [1.54, 1.807) is 6.20 Å². The lowest BCUT2D eigenvalue weighted by atomic mass is 9.92. The van der Waals surface area contributed by atoms with Crippen LogP contribution in [0.5, 0.6) is 0 Å². The number of rotatable bonds is 5. The van der Waals surface area contributed by atoms with Crippen LogP contribution in [0.3, 0.4) is 0 Å². The van der Waals surface area contributed by atoms with Gasteiger partial charge in [0.05, 0.1) is 6.04 Å². The van der Waals surface area contributed by atoms with Crippen molar-refractivity contribution in [3.8, 4) is 0 Å². The van der Waals surface area contributed by atoms with E-state index < -0.39 is 0 Å². The molecule has 1 aliphatic rings. The number of aryl methyl sites for hydroxylation is 1. The minimum Gasteiger partial charge on any atom is -0.355 e. The molecule has 0 aliphatic carbocycles. The Kier molecular flexibility index (Phi) is 4.75. The predicted octanol–water partition coefficient (Wildman–Crippen LogP) is 0.847. The van der Waals surface area contributed by atoms with Gasteiger partial charge in [-0.3, -0.25) is 4.79 Å². The number of imidazole rings is 1. The fourth-order valence-corrected chi connectivity index (χ4v) is 2.41. The average Bonchev–Trinajstić information content (AvgIpc) is 2.88. The quantitative estimate of drug-likeness (QED) is 0.678. The first-order valence-electron chi connectivity index (χ1n) is 6.76. The van der Waals surface area contributed by atoms with Crippen molar-refractivity contribution in [1.29, 1.82) is 0 Å². The van der Waals surface area contributed by atoms with Crippen molar-refractivity contribution in [3.63, 3.8) is 0 Å². The van der Waals surface area contributed by atoms with Crippen molar-refractivity contribution in [3.05, 3.63) is 18.2 Å². The molecule has 0 saturated carbocycles. The Morgan fingerprint density at radius 1 is 1.61 bits per heavy atom. The zero-order valence-corrected chi connectivity index (χ0v) is 10.9. The summed E-state index contributed by atoms with van der Waals surface area (Å²) in [4.78, 5) is 19.2. The highest BCUT2D eigenvalue weighted by Crippen LogP contribution is 2.15. The van der Waals surface area contributed by atoms with Crippen LogP contribution in [0.4, 0.5) is 0 Å². The number of amides is 1. The third kappa shape index (κ3) is 3.57. The summed E-state index contributed by atoms with van der Waals surface area (Å²) in [5, 5.41) is 6.29. The van der Waals surface area contributed by atoms with Gasteiger partial charge in [-0.1, -0.05) is 6.92 Å². The summed E-state index contributed by atoms with van der Waals surface area (Å²) in [6, 6.07) is -0.0117. The number of carbonyl (C=O) groups is 1. The van der Waals surface area contributed by atoms with Crippen LogP contribution < -0.4 is 10.6 Å². The molecule has 1 amide bonds. The van der Waals surface area contributed by atoms with Crippen molar-refractivity contribution in [2.75, 3.05) is 13.1 Å².